The molecular weight excluding hydrogens is 461 g/mol. The number of hydrogen-bond donors (Lipinski definition) is 1. The molecule has 4 rings (SSSR count). The van der Waals surface area contributed by atoms with Gasteiger partial charge in [-0.3, -0.25) is 14.5 Å². The average molecular weight is 482 g/mol. The first-order chi connectivity index (χ1) is 16.3. The van der Waals surface area contributed by atoms with Gasteiger partial charge in [0.2, 0.25) is 0 Å². The highest BCUT2D eigenvalue weighted by atomic mass is 35.5. The molecule has 0 aliphatic carbocycles. The summed E-state index contributed by atoms with van der Waals surface area (Å²) in [6, 6.07) is 14.2. The van der Waals surface area contributed by atoms with Crippen molar-refractivity contribution in [1.82, 2.24) is 0 Å². The summed E-state index contributed by atoms with van der Waals surface area (Å²) >= 11 is 6.29. The van der Waals surface area contributed by atoms with E-state index in [9.17, 15) is 19.1 Å². The number of aliphatic hydroxyl groups excluding tert-OH is 1. The Morgan fingerprint density at radius 1 is 1.03 bits per heavy atom. The average Bonchev–Trinajstić information content (AvgIpc) is 3.08. The molecule has 1 fully saturated rings. The van der Waals surface area contributed by atoms with Gasteiger partial charge >= 0.3 is 0 Å². The molecule has 3 aromatic rings. The molecule has 1 aliphatic heterocycles. The Labute approximate surface area is 200 Å². The van der Waals surface area contributed by atoms with Crippen molar-refractivity contribution in [3.8, 4) is 11.5 Å². The molecule has 1 heterocycles. The topological polar surface area (TPSA) is 76.1 Å². The molecule has 0 bridgehead atoms. The standard InChI is InChI=1S/C26H21ClFNO5/c1-14-12-18(25(34-3)19(27)13-14)23(30)21-22(17-6-4-5-7-20(17)28)29(26(32)24(21)31)15-8-10-16(33-2)11-9-15/h4-13,22,30H,1-3H3/b23-21+. The SMILES string of the molecule is COc1ccc(N2C(=O)C(=O)/C(=C(/O)c3cc(C)cc(Cl)c3OC)C2c2ccccc2F)cc1. The molecule has 1 N–H and O–H groups in total. The molecular formula is C26H21ClFNO5. The van der Waals surface area contributed by atoms with E-state index < -0.39 is 29.3 Å². The van der Waals surface area contributed by atoms with Crippen LogP contribution in [0, 0.1) is 12.7 Å². The van der Waals surface area contributed by atoms with Crippen molar-refractivity contribution in [2.45, 2.75) is 13.0 Å². The van der Waals surface area contributed by atoms with E-state index in [4.69, 9.17) is 21.1 Å². The zero-order chi connectivity index (χ0) is 24.6. The van der Waals surface area contributed by atoms with E-state index in [2.05, 4.69) is 0 Å². The minimum Gasteiger partial charge on any atom is -0.507 e. The van der Waals surface area contributed by atoms with Crippen LogP contribution in [0.2, 0.25) is 5.02 Å². The summed E-state index contributed by atoms with van der Waals surface area (Å²) in [5.41, 5.74) is 0.938. The number of amides is 1. The lowest BCUT2D eigenvalue weighted by atomic mass is 9.94. The van der Waals surface area contributed by atoms with Gasteiger partial charge in [0.25, 0.3) is 11.7 Å². The first kappa shape index (κ1) is 23.3. The summed E-state index contributed by atoms with van der Waals surface area (Å²) in [4.78, 5) is 27.6. The number of Topliss-reactive ketones (excluding diaryl/α,β-unsaturated/α-hetero) is 1. The van der Waals surface area contributed by atoms with Crippen molar-refractivity contribution in [2.24, 2.45) is 0 Å². The van der Waals surface area contributed by atoms with Crippen LogP contribution in [0.5, 0.6) is 11.5 Å². The van der Waals surface area contributed by atoms with Crippen LogP contribution >= 0.6 is 11.6 Å². The van der Waals surface area contributed by atoms with Crippen molar-refractivity contribution in [3.63, 3.8) is 0 Å². The van der Waals surface area contributed by atoms with Gasteiger partial charge < -0.3 is 14.6 Å². The fraction of sp³-hybridized carbons (Fsp3) is 0.154. The van der Waals surface area contributed by atoms with E-state index >= 15 is 0 Å². The number of methoxy groups -OCH3 is 2. The second-order valence-electron chi connectivity index (χ2n) is 7.72. The van der Waals surface area contributed by atoms with E-state index in [1.165, 1.54) is 32.4 Å². The summed E-state index contributed by atoms with van der Waals surface area (Å²) < 4.78 is 25.5. The lowest BCUT2D eigenvalue weighted by Gasteiger charge is -2.26. The van der Waals surface area contributed by atoms with Crippen LogP contribution in [0.15, 0.2) is 66.2 Å². The molecule has 1 amide bonds. The maximum Gasteiger partial charge on any atom is 0.300 e. The summed E-state index contributed by atoms with van der Waals surface area (Å²) in [6.45, 7) is 1.76. The number of nitrogens with zero attached hydrogens (tertiary/aromatic N) is 1. The molecule has 1 aliphatic rings. The first-order valence-electron chi connectivity index (χ1n) is 10.3. The highest BCUT2D eigenvalue weighted by Gasteiger charge is 2.48. The Morgan fingerprint density at radius 3 is 2.32 bits per heavy atom. The fourth-order valence-electron chi connectivity index (χ4n) is 4.09. The lowest BCUT2D eigenvalue weighted by Crippen LogP contribution is -2.29. The normalized spacial score (nSPS) is 17.2. The van der Waals surface area contributed by atoms with Crippen molar-refractivity contribution in [2.75, 3.05) is 19.1 Å². The number of benzene rings is 3. The molecule has 0 aromatic heterocycles. The summed E-state index contributed by atoms with van der Waals surface area (Å²) in [5.74, 6) is -2.33. The van der Waals surface area contributed by atoms with Crippen LogP contribution in [0.4, 0.5) is 10.1 Å². The Balaban J connectivity index is 2.01. The van der Waals surface area contributed by atoms with Crippen LogP contribution in [0.1, 0.15) is 22.7 Å². The number of hydrogen-bond acceptors (Lipinski definition) is 5. The van der Waals surface area contributed by atoms with Gasteiger partial charge in [-0.05, 0) is 55.0 Å². The van der Waals surface area contributed by atoms with Gasteiger partial charge in [0.1, 0.15) is 23.1 Å². The Kier molecular flexibility index (Phi) is 6.30. The molecule has 34 heavy (non-hydrogen) atoms. The molecule has 6 nitrogen and oxygen atoms in total. The number of ether oxygens (including phenoxy) is 2. The van der Waals surface area contributed by atoms with Crippen LogP contribution in [0.25, 0.3) is 5.76 Å². The van der Waals surface area contributed by atoms with E-state index in [1.807, 2.05) is 0 Å². The summed E-state index contributed by atoms with van der Waals surface area (Å²) in [5, 5.41) is 11.6. The molecule has 1 atom stereocenters. The van der Waals surface area contributed by atoms with E-state index in [1.54, 1.807) is 49.4 Å². The summed E-state index contributed by atoms with van der Waals surface area (Å²) in [6.07, 6.45) is 0. The second-order valence-corrected chi connectivity index (χ2v) is 8.12. The van der Waals surface area contributed by atoms with Crippen LogP contribution in [-0.4, -0.2) is 31.0 Å². The number of aryl methyl sites for hydroxylation is 1. The largest absolute Gasteiger partial charge is 0.507 e. The van der Waals surface area contributed by atoms with Crippen LogP contribution in [0.3, 0.4) is 0 Å². The highest BCUT2D eigenvalue weighted by Crippen LogP contribution is 2.45. The smallest absolute Gasteiger partial charge is 0.300 e. The quantitative estimate of drug-likeness (QED) is 0.299. The Bertz CT molecular complexity index is 1320. The van der Waals surface area contributed by atoms with Gasteiger partial charge in [-0.25, -0.2) is 4.39 Å². The van der Waals surface area contributed by atoms with Gasteiger partial charge in [0, 0.05) is 11.3 Å². The maximum atomic E-state index is 15.0. The lowest BCUT2D eigenvalue weighted by molar-refractivity contribution is -0.132. The number of carbonyl (C=O) groups is 2. The third-order valence-electron chi connectivity index (χ3n) is 5.64. The minimum absolute atomic E-state index is 0.0526. The molecule has 0 saturated carbocycles. The van der Waals surface area contributed by atoms with Gasteiger partial charge in [-0.2, -0.15) is 0 Å². The van der Waals surface area contributed by atoms with E-state index in [0.29, 0.717) is 17.0 Å². The first-order valence-corrected chi connectivity index (χ1v) is 10.7. The van der Waals surface area contributed by atoms with Crippen LogP contribution in [-0.2, 0) is 9.59 Å². The third-order valence-corrected chi connectivity index (χ3v) is 5.92. The zero-order valence-corrected chi connectivity index (χ0v) is 19.4. The second kappa shape index (κ2) is 9.19. The number of aliphatic hydroxyl groups is 1. The Morgan fingerprint density at radius 2 is 1.71 bits per heavy atom. The number of ketones is 1. The van der Waals surface area contributed by atoms with Gasteiger partial charge in [0.05, 0.1) is 36.4 Å². The minimum atomic E-state index is -1.22. The van der Waals surface area contributed by atoms with Crippen LogP contribution < -0.4 is 14.4 Å². The van der Waals surface area contributed by atoms with Gasteiger partial charge in [-0.15, -0.1) is 0 Å². The number of carbonyl (C=O) groups excluding carboxylic acids is 2. The zero-order valence-electron chi connectivity index (χ0n) is 18.6. The molecule has 3 aromatic carbocycles. The molecule has 1 saturated heterocycles. The van der Waals surface area contributed by atoms with Gasteiger partial charge in [-0.1, -0.05) is 29.8 Å². The number of anilines is 1. The molecule has 174 valence electrons. The number of rotatable bonds is 5. The molecule has 0 radical (unpaired) electrons. The van der Waals surface area contributed by atoms with E-state index in [0.717, 1.165) is 4.90 Å². The molecule has 0 spiro atoms. The number of halogens is 2. The molecule has 1 unspecified atom stereocenters. The van der Waals surface area contributed by atoms with Crippen molar-refractivity contribution in [3.05, 3.63) is 93.8 Å². The van der Waals surface area contributed by atoms with Crippen molar-refractivity contribution >= 4 is 34.7 Å². The highest BCUT2D eigenvalue weighted by molar-refractivity contribution is 6.51. The summed E-state index contributed by atoms with van der Waals surface area (Å²) in [7, 11) is 2.87. The fourth-order valence-corrected chi connectivity index (χ4v) is 4.44. The van der Waals surface area contributed by atoms with Crippen molar-refractivity contribution < 1.29 is 28.6 Å². The monoisotopic (exact) mass is 481 g/mol. The maximum absolute atomic E-state index is 15.0. The predicted octanol–water partition coefficient (Wildman–Crippen LogP) is 5.43. The molecule has 8 heteroatoms. The Hall–Kier alpha value is -3.84. The predicted molar refractivity (Wildman–Crippen MR) is 127 cm³/mol. The van der Waals surface area contributed by atoms with Gasteiger partial charge in [0.15, 0.2) is 0 Å². The van der Waals surface area contributed by atoms with E-state index in [-0.39, 0.29) is 27.5 Å². The van der Waals surface area contributed by atoms with Crippen molar-refractivity contribution in [1.29, 1.82) is 0 Å². The third kappa shape index (κ3) is 3.88.